The standard InChI is InChI=1S/C19H15FO7/c20-15-4-3-13(26-15)17-16-12(24)6-9(21)7-14(16)27-19(18(17)25)8-1-2-10(22)11(23)5-8/h1-7,17-19,21-25H. The molecule has 3 aromatic rings. The molecule has 0 saturated carbocycles. The zero-order valence-corrected chi connectivity index (χ0v) is 13.7. The van der Waals surface area contributed by atoms with Gasteiger partial charge < -0.3 is 34.7 Å². The van der Waals surface area contributed by atoms with Crippen LogP contribution < -0.4 is 4.74 Å². The summed E-state index contributed by atoms with van der Waals surface area (Å²) in [6.07, 6.45) is -2.38. The predicted molar refractivity (Wildman–Crippen MR) is 89.4 cm³/mol. The van der Waals surface area contributed by atoms with Crippen molar-refractivity contribution in [1.29, 1.82) is 0 Å². The third-order valence-electron chi connectivity index (χ3n) is 4.55. The summed E-state index contributed by atoms with van der Waals surface area (Å²) in [6, 6.07) is 7.77. The van der Waals surface area contributed by atoms with E-state index in [0.717, 1.165) is 12.1 Å². The van der Waals surface area contributed by atoms with Crippen molar-refractivity contribution in [2.45, 2.75) is 18.1 Å². The molecule has 0 aliphatic carbocycles. The van der Waals surface area contributed by atoms with Gasteiger partial charge in [0.2, 0.25) is 0 Å². The van der Waals surface area contributed by atoms with Crippen molar-refractivity contribution in [3.63, 3.8) is 0 Å². The van der Waals surface area contributed by atoms with Crippen molar-refractivity contribution in [1.82, 2.24) is 0 Å². The third kappa shape index (κ3) is 2.80. The molecule has 4 rings (SSSR count). The van der Waals surface area contributed by atoms with Gasteiger partial charge in [-0.05, 0) is 23.8 Å². The third-order valence-corrected chi connectivity index (χ3v) is 4.55. The van der Waals surface area contributed by atoms with Gasteiger partial charge in [0, 0.05) is 23.8 Å². The summed E-state index contributed by atoms with van der Waals surface area (Å²) in [5.74, 6) is -2.24. The largest absolute Gasteiger partial charge is 0.508 e. The number of aliphatic hydroxyl groups is 1. The maximum Gasteiger partial charge on any atom is 0.277 e. The molecule has 0 saturated heterocycles. The monoisotopic (exact) mass is 374 g/mol. The number of aromatic hydroxyl groups is 4. The van der Waals surface area contributed by atoms with Crippen LogP contribution in [-0.4, -0.2) is 31.6 Å². The Hall–Kier alpha value is -3.39. The van der Waals surface area contributed by atoms with E-state index in [1.54, 1.807) is 0 Å². The summed E-state index contributed by atoms with van der Waals surface area (Å²) in [6.45, 7) is 0. The normalized spacial score (nSPS) is 21.5. The number of benzene rings is 2. The zero-order chi connectivity index (χ0) is 19.3. The Kier molecular flexibility index (Phi) is 3.85. The molecule has 3 unspecified atom stereocenters. The van der Waals surface area contributed by atoms with Gasteiger partial charge in [-0.1, -0.05) is 6.07 Å². The first-order valence-corrected chi connectivity index (χ1v) is 8.03. The quantitative estimate of drug-likeness (QED) is 0.437. The van der Waals surface area contributed by atoms with Crippen LogP contribution in [0.2, 0.25) is 0 Å². The van der Waals surface area contributed by atoms with Gasteiger partial charge in [0.05, 0.1) is 5.92 Å². The minimum Gasteiger partial charge on any atom is -0.508 e. The summed E-state index contributed by atoms with van der Waals surface area (Å²) >= 11 is 0. The Balaban J connectivity index is 1.88. The fraction of sp³-hybridized carbons (Fsp3) is 0.158. The van der Waals surface area contributed by atoms with Crippen LogP contribution in [0.4, 0.5) is 4.39 Å². The molecule has 0 spiro atoms. The van der Waals surface area contributed by atoms with Gasteiger partial charge in [0.1, 0.15) is 29.1 Å². The molecule has 140 valence electrons. The second-order valence-electron chi connectivity index (χ2n) is 6.27. The molecule has 0 radical (unpaired) electrons. The maximum atomic E-state index is 13.4. The molecule has 5 N–H and O–H groups in total. The topological polar surface area (TPSA) is 124 Å². The molecule has 0 fully saturated rings. The molecule has 1 aromatic heterocycles. The van der Waals surface area contributed by atoms with Gasteiger partial charge in [0.15, 0.2) is 17.6 Å². The highest BCUT2D eigenvalue weighted by molar-refractivity contribution is 5.56. The molecule has 1 aliphatic heterocycles. The van der Waals surface area contributed by atoms with Crippen molar-refractivity contribution in [3.05, 3.63) is 65.4 Å². The van der Waals surface area contributed by atoms with E-state index in [2.05, 4.69) is 0 Å². The molecule has 7 nitrogen and oxygen atoms in total. The number of phenolic OH excluding ortho intramolecular Hbond substituents is 4. The van der Waals surface area contributed by atoms with Crippen LogP contribution >= 0.6 is 0 Å². The number of rotatable bonds is 2. The number of fused-ring (bicyclic) bond motifs is 1. The van der Waals surface area contributed by atoms with Crippen LogP contribution in [0.25, 0.3) is 0 Å². The summed E-state index contributed by atoms with van der Waals surface area (Å²) in [5.41, 5.74) is 0.456. The van der Waals surface area contributed by atoms with Crippen molar-refractivity contribution in [2.24, 2.45) is 0 Å². The maximum absolute atomic E-state index is 13.4. The van der Waals surface area contributed by atoms with Crippen LogP contribution in [0, 0.1) is 6.01 Å². The first kappa shape index (κ1) is 17.0. The van der Waals surface area contributed by atoms with Gasteiger partial charge in [-0.3, -0.25) is 0 Å². The van der Waals surface area contributed by atoms with E-state index in [9.17, 15) is 29.9 Å². The lowest BCUT2D eigenvalue weighted by molar-refractivity contribution is 0.00232. The average molecular weight is 374 g/mol. The molecular weight excluding hydrogens is 359 g/mol. The van der Waals surface area contributed by atoms with Crippen LogP contribution in [0.1, 0.15) is 28.9 Å². The minimum absolute atomic E-state index is 0.0542. The SMILES string of the molecule is Oc1cc(O)c2c(c1)OC(c1ccc(O)c(O)c1)C(O)C2c1ccc(F)o1. The van der Waals surface area contributed by atoms with Crippen LogP contribution in [0.3, 0.4) is 0 Å². The molecular formula is C19H15FO7. The Morgan fingerprint density at radius 3 is 2.30 bits per heavy atom. The van der Waals surface area contributed by atoms with E-state index in [4.69, 9.17) is 9.15 Å². The molecule has 27 heavy (non-hydrogen) atoms. The van der Waals surface area contributed by atoms with Gasteiger partial charge in [-0.15, -0.1) is 0 Å². The van der Waals surface area contributed by atoms with Gasteiger partial charge in [-0.25, -0.2) is 0 Å². The van der Waals surface area contributed by atoms with Crippen molar-refractivity contribution < 1.29 is 39.1 Å². The van der Waals surface area contributed by atoms with Crippen LogP contribution in [-0.2, 0) is 0 Å². The summed E-state index contributed by atoms with van der Waals surface area (Å²) in [4.78, 5) is 0. The second-order valence-corrected chi connectivity index (χ2v) is 6.27. The van der Waals surface area contributed by atoms with Gasteiger partial charge in [0.25, 0.3) is 6.01 Å². The van der Waals surface area contributed by atoms with E-state index in [-0.39, 0.29) is 34.3 Å². The first-order chi connectivity index (χ1) is 12.8. The van der Waals surface area contributed by atoms with E-state index in [1.165, 1.54) is 30.3 Å². The Morgan fingerprint density at radius 2 is 1.63 bits per heavy atom. The lowest BCUT2D eigenvalue weighted by Gasteiger charge is -2.36. The highest BCUT2D eigenvalue weighted by Gasteiger charge is 2.43. The fourth-order valence-electron chi connectivity index (χ4n) is 3.35. The molecule has 8 heteroatoms. The summed E-state index contributed by atoms with van der Waals surface area (Å²) in [5, 5.41) is 50.2. The van der Waals surface area contributed by atoms with Crippen LogP contribution in [0.15, 0.2) is 46.9 Å². The Labute approximate surface area is 152 Å². The van der Waals surface area contributed by atoms with E-state index < -0.39 is 29.9 Å². The number of furan rings is 1. The van der Waals surface area contributed by atoms with Gasteiger partial charge >= 0.3 is 0 Å². The highest BCUT2D eigenvalue weighted by atomic mass is 19.1. The van der Waals surface area contributed by atoms with E-state index in [1.807, 2.05) is 0 Å². The molecule has 2 aromatic carbocycles. The summed E-state index contributed by atoms with van der Waals surface area (Å²) < 4.78 is 24.2. The van der Waals surface area contributed by atoms with E-state index in [0.29, 0.717) is 5.56 Å². The lowest BCUT2D eigenvalue weighted by Crippen LogP contribution is -2.35. The second kappa shape index (κ2) is 6.10. The highest BCUT2D eigenvalue weighted by Crippen LogP contribution is 2.51. The van der Waals surface area contributed by atoms with E-state index >= 15 is 0 Å². The average Bonchev–Trinajstić information content (AvgIpc) is 3.03. The number of hydrogen-bond acceptors (Lipinski definition) is 7. The fourth-order valence-corrected chi connectivity index (χ4v) is 3.35. The lowest BCUT2D eigenvalue weighted by atomic mass is 9.82. The molecule has 3 atom stereocenters. The van der Waals surface area contributed by atoms with Crippen molar-refractivity contribution >= 4 is 0 Å². The predicted octanol–water partition coefficient (Wildman–Crippen LogP) is 2.87. The molecule has 2 heterocycles. The number of phenols is 4. The van der Waals surface area contributed by atoms with Crippen molar-refractivity contribution in [3.8, 4) is 28.7 Å². The van der Waals surface area contributed by atoms with Gasteiger partial charge in [-0.2, -0.15) is 4.39 Å². The zero-order valence-electron chi connectivity index (χ0n) is 13.7. The van der Waals surface area contributed by atoms with Crippen molar-refractivity contribution in [2.75, 3.05) is 0 Å². The number of ether oxygens (including phenoxy) is 1. The molecule has 0 bridgehead atoms. The molecule has 1 aliphatic rings. The first-order valence-electron chi connectivity index (χ1n) is 8.03. The Bertz CT molecular complexity index is 1010. The van der Waals surface area contributed by atoms with Crippen LogP contribution in [0.5, 0.6) is 28.7 Å². The molecule has 0 amide bonds. The number of halogens is 1. The number of aliphatic hydroxyl groups excluding tert-OH is 1. The number of hydrogen-bond donors (Lipinski definition) is 5. The smallest absolute Gasteiger partial charge is 0.277 e. The Morgan fingerprint density at radius 1 is 0.852 bits per heavy atom. The minimum atomic E-state index is -1.33. The summed E-state index contributed by atoms with van der Waals surface area (Å²) in [7, 11) is 0.